The molecule has 2 atom stereocenters. The van der Waals surface area contributed by atoms with Gasteiger partial charge in [-0.15, -0.1) is 0 Å². The van der Waals surface area contributed by atoms with Gasteiger partial charge >= 0.3 is 6.09 Å². The van der Waals surface area contributed by atoms with E-state index in [9.17, 15) is 19.5 Å². The number of amides is 3. The van der Waals surface area contributed by atoms with Crippen LogP contribution in [-0.4, -0.2) is 52.2 Å². The van der Waals surface area contributed by atoms with Crippen molar-refractivity contribution >= 4 is 17.9 Å². The first-order chi connectivity index (χ1) is 14.3. The Morgan fingerprint density at radius 1 is 1.16 bits per heavy atom. The monoisotopic (exact) mass is 431 g/mol. The number of benzene rings is 1. The number of carbonyl (C=O) groups excluding carboxylic acids is 3. The van der Waals surface area contributed by atoms with Crippen LogP contribution in [0.25, 0.3) is 0 Å². The van der Waals surface area contributed by atoms with Crippen molar-refractivity contribution in [3.63, 3.8) is 0 Å². The minimum absolute atomic E-state index is 0.192. The molecule has 170 valence electrons. The minimum atomic E-state index is -1.38. The van der Waals surface area contributed by atoms with Gasteiger partial charge in [-0.1, -0.05) is 24.6 Å². The third-order valence-electron chi connectivity index (χ3n) is 4.30. The zero-order valence-corrected chi connectivity index (χ0v) is 19.3. The SMILES string of the molecule is C#CN(C(=O)C(CO)NC(=O)OC(C)(C)C)C(C(=O)NC(C)C)c1c(C)cccc1C. The van der Waals surface area contributed by atoms with Crippen molar-refractivity contribution in [1.29, 1.82) is 0 Å². The number of carbonyl (C=O) groups is 3. The van der Waals surface area contributed by atoms with Gasteiger partial charge in [-0.3, -0.25) is 14.5 Å². The highest BCUT2D eigenvalue weighted by molar-refractivity contribution is 5.93. The Balaban J connectivity index is 3.37. The number of terminal acetylenes is 1. The molecular formula is C23H33N3O5. The fourth-order valence-corrected chi connectivity index (χ4v) is 3.07. The first-order valence-electron chi connectivity index (χ1n) is 10.1. The third-order valence-corrected chi connectivity index (χ3v) is 4.30. The number of aliphatic hydroxyl groups is 1. The van der Waals surface area contributed by atoms with Gasteiger partial charge in [0.1, 0.15) is 17.7 Å². The molecule has 3 amide bonds. The number of aliphatic hydroxyl groups excluding tert-OH is 1. The maximum atomic E-state index is 13.2. The van der Waals surface area contributed by atoms with Gasteiger partial charge in [0.25, 0.3) is 5.91 Å². The molecule has 0 bridgehead atoms. The van der Waals surface area contributed by atoms with E-state index in [2.05, 4.69) is 16.7 Å². The summed E-state index contributed by atoms with van der Waals surface area (Å²) in [5, 5.41) is 14.9. The van der Waals surface area contributed by atoms with Crippen LogP contribution in [0.1, 0.15) is 57.4 Å². The largest absolute Gasteiger partial charge is 0.444 e. The van der Waals surface area contributed by atoms with Gasteiger partial charge in [-0.05, 0) is 65.2 Å². The smallest absolute Gasteiger partial charge is 0.408 e. The normalized spacial score (nSPS) is 13.0. The zero-order valence-electron chi connectivity index (χ0n) is 19.3. The molecule has 0 saturated heterocycles. The summed E-state index contributed by atoms with van der Waals surface area (Å²) in [5.41, 5.74) is 1.34. The summed E-state index contributed by atoms with van der Waals surface area (Å²) in [7, 11) is 0. The Morgan fingerprint density at radius 2 is 1.71 bits per heavy atom. The van der Waals surface area contributed by atoms with Gasteiger partial charge in [-0.2, -0.15) is 0 Å². The first kappa shape index (κ1) is 26.0. The fraction of sp³-hybridized carbons (Fsp3) is 0.522. The van der Waals surface area contributed by atoms with E-state index in [1.54, 1.807) is 34.6 Å². The van der Waals surface area contributed by atoms with E-state index in [1.165, 1.54) is 0 Å². The number of hydrogen-bond acceptors (Lipinski definition) is 5. The Bertz CT molecular complexity index is 831. The summed E-state index contributed by atoms with van der Waals surface area (Å²) in [6.45, 7) is 11.5. The molecule has 31 heavy (non-hydrogen) atoms. The molecule has 0 aliphatic carbocycles. The minimum Gasteiger partial charge on any atom is -0.444 e. The number of aryl methyl sites for hydroxylation is 2. The van der Waals surface area contributed by atoms with E-state index < -0.39 is 42.2 Å². The quantitative estimate of drug-likeness (QED) is 0.453. The summed E-state index contributed by atoms with van der Waals surface area (Å²) in [5.74, 6) is -1.27. The molecule has 0 radical (unpaired) electrons. The second kappa shape index (κ2) is 10.8. The van der Waals surface area contributed by atoms with Crippen molar-refractivity contribution in [2.75, 3.05) is 6.61 Å². The lowest BCUT2D eigenvalue weighted by Crippen LogP contribution is -2.53. The van der Waals surface area contributed by atoms with Crippen LogP contribution in [-0.2, 0) is 14.3 Å². The highest BCUT2D eigenvalue weighted by Crippen LogP contribution is 2.28. The predicted octanol–water partition coefficient (Wildman–Crippen LogP) is 2.17. The number of nitrogens with one attached hydrogen (secondary N) is 2. The van der Waals surface area contributed by atoms with E-state index in [0.717, 1.165) is 16.0 Å². The van der Waals surface area contributed by atoms with Gasteiger partial charge in [-0.25, -0.2) is 4.79 Å². The molecule has 0 fully saturated rings. The Morgan fingerprint density at radius 3 is 2.13 bits per heavy atom. The van der Waals surface area contributed by atoms with Crippen molar-refractivity contribution in [1.82, 2.24) is 15.5 Å². The maximum Gasteiger partial charge on any atom is 0.408 e. The second-order valence-corrected chi connectivity index (χ2v) is 8.59. The average molecular weight is 432 g/mol. The van der Waals surface area contributed by atoms with Crippen LogP contribution < -0.4 is 10.6 Å². The topological polar surface area (TPSA) is 108 Å². The number of ether oxygens (including phenoxy) is 1. The Kier molecular flexibility index (Phi) is 9.07. The number of nitrogens with zero attached hydrogens (tertiary/aromatic N) is 1. The van der Waals surface area contributed by atoms with Crippen LogP contribution in [0, 0.1) is 26.3 Å². The molecule has 0 aliphatic rings. The van der Waals surface area contributed by atoms with Crippen LogP contribution in [0.15, 0.2) is 18.2 Å². The number of alkyl carbamates (subject to hydrolysis) is 1. The summed E-state index contributed by atoms with van der Waals surface area (Å²) in [6.07, 6.45) is 4.77. The van der Waals surface area contributed by atoms with Gasteiger partial charge in [0.05, 0.1) is 6.61 Å². The zero-order chi connectivity index (χ0) is 23.9. The molecule has 8 nitrogen and oxygen atoms in total. The van der Waals surface area contributed by atoms with Crippen molar-refractivity contribution in [2.24, 2.45) is 0 Å². The van der Waals surface area contributed by atoms with Crippen LogP contribution in [0.4, 0.5) is 4.79 Å². The van der Waals surface area contributed by atoms with Crippen LogP contribution >= 0.6 is 0 Å². The number of rotatable bonds is 7. The summed E-state index contributed by atoms with van der Waals surface area (Å²) >= 11 is 0. The van der Waals surface area contributed by atoms with E-state index in [0.29, 0.717) is 5.56 Å². The van der Waals surface area contributed by atoms with Crippen molar-refractivity contribution in [2.45, 2.75) is 72.2 Å². The lowest BCUT2D eigenvalue weighted by molar-refractivity contribution is -0.139. The molecule has 1 aromatic rings. The van der Waals surface area contributed by atoms with Gasteiger partial charge in [0.2, 0.25) is 5.91 Å². The van der Waals surface area contributed by atoms with Crippen molar-refractivity contribution in [3.05, 3.63) is 34.9 Å². The summed E-state index contributed by atoms with van der Waals surface area (Å²) < 4.78 is 5.15. The molecule has 0 spiro atoms. The highest BCUT2D eigenvalue weighted by Gasteiger charge is 2.37. The first-order valence-corrected chi connectivity index (χ1v) is 10.1. The van der Waals surface area contributed by atoms with E-state index in [4.69, 9.17) is 11.2 Å². The van der Waals surface area contributed by atoms with Gasteiger partial charge in [0.15, 0.2) is 0 Å². The lowest BCUT2D eigenvalue weighted by Gasteiger charge is -2.31. The number of hydrogen-bond donors (Lipinski definition) is 3. The fourth-order valence-electron chi connectivity index (χ4n) is 3.07. The molecule has 8 heteroatoms. The maximum absolute atomic E-state index is 13.2. The molecule has 1 rings (SSSR count). The molecule has 0 heterocycles. The third kappa shape index (κ3) is 7.30. The molecule has 0 aromatic heterocycles. The van der Waals surface area contributed by atoms with Crippen LogP contribution in [0.5, 0.6) is 0 Å². The van der Waals surface area contributed by atoms with Gasteiger partial charge in [0, 0.05) is 12.1 Å². The van der Waals surface area contributed by atoms with Crippen molar-refractivity contribution in [3.8, 4) is 12.5 Å². The molecule has 0 aliphatic heterocycles. The Hall–Kier alpha value is -3.05. The van der Waals surface area contributed by atoms with Crippen LogP contribution in [0.2, 0.25) is 0 Å². The molecule has 2 unspecified atom stereocenters. The molecular weight excluding hydrogens is 398 g/mol. The Labute approximate surface area is 184 Å². The molecule has 0 saturated carbocycles. The van der Waals surface area contributed by atoms with E-state index in [1.807, 2.05) is 32.0 Å². The van der Waals surface area contributed by atoms with Crippen molar-refractivity contribution < 1.29 is 24.2 Å². The van der Waals surface area contributed by atoms with E-state index in [-0.39, 0.29) is 6.04 Å². The summed E-state index contributed by atoms with van der Waals surface area (Å²) in [4.78, 5) is 39.3. The van der Waals surface area contributed by atoms with E-state index >= 15 is 0 Å². The lowest BCUT2D eigenvalue weighted by atomic mass is 9.94. The highest BCUT2D eigenvalue weighted by atomic mass is 16.6. The second-order valence-electron chi connectivity index (χ2n) is 8.59. The standard InChI is InChI=1S/C23H33N3O5/c1-9-26(21(29)17(13-27)25-22(30)31-23(6,7)8)19(20(28)24-14(2)3)18-15(4)11-10-12-16(18)5/h1,10-12,14,17,19,27H,13H2,2-8H3,(H,24,28)(H,25,30). The van der Waals surface area contributed by atoms with Crippen LogP contribution in [0.3, 0.4) is 0 Å². The predicted molar refractivity (Wildman–Crippen MR) is 118 cm³/mol. The van der Waals surface area contributed by atoms with Gasteiger partial charge < -0.3 is 20.5 Å². The molecule has 1 aromatic carbocycles. The summed E-state index contributed by atoms with van der Waals surface area (Å²) in [6, 6.07) is 5.02. The molecule has 3 N–H and O–H groups in total. The average Bonchev–Trinajstić information content (AvgIpc) is 2.62.